The second-order valence-corrected chi connectivity index (χ2v) is 6.34. The zero-order valence-electron chi connectivity index (χ0n) is 11.2. The van der Waals surface area contributed by atoms with Crippen LogP contribution >= 0.6 is 11.3 Å². The number of nitrogens with one attached hydrogen (secondary N) is 1. The first kappa shape index (κ1) is 12.8. The zero-order valence-corrected chi connectivity index (χ0v) is 12.0. The Morgan fingerprint density at radius 2 is 2.06 bits per heavy atom. The molecular weight excluding hydrogens is 226 g/mol. The van der Waals surface area contributed by atoms with Crippen molar-refractivity contribution in [2.45, 2.75) is 52.0 Å². The van der Waals surface area contributed by atoms with Gasteiger partial charge in [-0.15, -0.1) is 11.3 Å². The summed E-state index contributed by atoms with van der Waals surface area (Å²) >= 11 is 2.02. The maximum absolute atomic E-state index is 3.41. The summed E-state index contributed by atoms with van der Waals surface area (Å²) in [7, 11) is 2.05. The lowest BCUT2D eigenvalue weighted by molar-refractivity contribution is 0.707. The molecular formula is C15H23NS. The molecule has 0 fully saturated rings. The minimum Gasteiger partial charge on any atom is -0.309 e. The highest BCUT2D eigenvalue weighted by molar-refractivity contribution is 7.12. The summed E-state index contributed by atoms with van der Waals surface area (Å²) in [6, 6.07) is 2.84. The molecule has 1 atom stereocenters. The highest BCUT2D eigenvalue weighted by atomic mass is 32.1. The van der Waals surface area contributed by atoms with Gasteiger partial charge in [0.05, 0.1) is 6.04 Å². The monoisotopic (exact) mass is 249 g/mol. The average molecular weight is 249 g/mol. The first-order valence-corrected chi connectivity index (χ1v) is 7.46. The van der Waals surface area contributed by atoms with Gasteiger partial charge in [0.1, 0.15) is 0 Å². The van der Waals surface area contributed by atoms with Crippen molar-refractivity contribution in [2.75, 3.05) is 7.05 Å². The number of hydrogen-bond donors (Lipinski definition) is 1. The molecule has 1 aromatic rings. The second kappa shape index (κ2) is 5.83. The van der Waals surface area contributed by atoms with Crippen LogP contribution in [0, 0.1) is 0 Å². The Balaban J connectivity index is 2.24. The molecule has 1 unspecified atom stereocenters. The molecule has 0 amide bonds. The number of aryl methyl sites for hydroxylation is 2. The Morgan fingerprint density at radius 3 is 2.76 bits per heavy atom. The highest BCUT2D eigenvalue weighted by Crippen LogP contribution is 2.32. The average Bonchev–Trinajstić information content (AvgIpc) is 2.57. The fourth-order valence-corrected chi connectivity index (χ4v) is 3.82. The third kappa shape index (κ3) is 3.20. The van der Waals surface area contributed by atoms with Crippen LogP contribution in [-0.2, 0) is 12.8 Å². The lowest BCUT2D eigenvalue weighted by Crippen LogP contribution is -2.12. The van der Waals surface area contributed by atoms with E-state index in [2.05, 4.69) is 38.4 Å². The van der Waals surface area contributed by atoms with Crippen LogP contribution in [0.1, 0.15) is 54.5 Å². The zero-order chi connectivity index (χ0) is 12.3. The highest BCUT2D eigenvalue weighted by Gasteiger charge is 2.15. The predicted molar refractivity (Wildman–Crippen MR) is 76.8 cm³/mol. The van der Waals surface area contributed by atoms with Crippen LogP contribution in [0.2, 0.25) is 0 Å². The van der Waals surface area contributed by atoms with Crippen LogP contribution in [0.25, 0.3) is 0 Å². The molecule has 0 saturated carbocycles. The largest absolute Gasteiger partial charge is 0.309 e. The first-order valence-electron chi connectivity index (χ1n) is 6.64. The Labute approximate surface area is 109 Å². The molecule has 0 saturated heterocycles. The molecule has 1 nitrogen and oxygen atoms in total. The van der Waals surface area contributed by atoms with Gasteiger partial charge in [0, 0.05) is 9.75 Å². The van der Waals surface area contributed by atoms with Crippen molar-refractivity contribution in [1.29, 1.82) is 0 Å². The van der Waals surface area contributed by atoms with Crippen LogP contribution in [-0.4, -0.2) is 7.05 Å². The molecule has 2 rings (SSSR count). The molecule has 1 heterocycles. The van der Waals surface area contributed by atoms with Crippen molar-refractivity contribution in [2.24, 2.45) is 0 Å². The number of rotatable bonds is 3. The fraction of sp³-hybridized carbons (Fsp3) is 0.600. The van der Waals surface area contributed by atoms with E-state index < -0.39 is 0 Å². The van der Waals surface area contributed by atoms with Crippen LogP contribution in [0.15, 0.2) is 17.7 Å². The molecule has 1 N–H and O–H groups in total. The van der Waals surface area contributed by atoms with Crippen molar-refractivity contribution < 1.29 is 0 Å². The SMILES string of the molecule is CNC(C=C(C)C)c1cc2c(s1)CCCCC2. The molecule has 0 bridgehead atoms. The summed E-state index contributed by atoms with van der Waals surface area (Å²) in [4.78, 5) is 3.13. The van der Waals surface area contributed by atoms with Gasteiger partial charge in [0.2, 0.25) is 0 Å². The van der Waals surface area contributed by atoms with Gasteiger partial charge in [-0.2, -0.15) is 0 Å². The molecule has 0 aliphatic heterocycles. The van der Waals surface area contributed by atoms with Crippen LogP contribution < -0.4 is 5.32 Å². The summed E-state index contributed by atoms with van der Waals surface area (Å²) < 4.78 is 0. The summed E-state index contributed by atoms with van der Waals surface area (Å²) in [5.41, 5.74) is 3.00. The number of allylic oxidation sites excluding steroid dienone is 1. The smallest absolute Gasteiger partial charge is 0.0600 e. The van der Waals surface area contributed by atoms with E-state index in [0.717, 1.165) is 0 Å². The summed E-state index contributed by atoms with van der Waals surface area (Å²) in [6.07, 6.45) is 9.06. The van der Waals surface area contributed by atoms with Gasteiger partial charge in [-0.3, -0.25) is 0 Å². The molecule has 1 aliphatic carbocycles. The minimum atomic E-state index is 0.400. The molecule has 1 aromatic heterocycles. The minimum absolute atomic E-state index is 0.400. The van der Waals surface area contributed by atoms with E-state index in [1.165, 1.54) is 42.6 Å². The van der Waals surface area contributed by atoms with Crippen molar-refractivity contribution >= 4 is 11.3 Å². The number of thiophene rings is 1. The standard InChI is InChI=1S/C15H23NS/c1-11(2)9-13(16-3)15-10-12-7-5-4-6-8-14(12)17-15/h9-10,13,16H,4-8H2,1-3H3. The fourth-order valence-electron chi connectivity index (χ4n) is 2.48. The Kier molecular flexibility index (Phi) is 4.41. The van der Waals surface area contributed by atoms with Gasteiger partial charge in [-0.05, 0) is 58.2 Å². The van der Waals surface area contributed by atoms with E-state index in [4.69, 9.17) is 0 Å². The van der Waals surface area contributed by atoms with Crippen molar-refractivity contribution in [3.05, 3.63) is 33.0 Å². The Hall–Kier alpha value is -0.600. The second-order valence-electron chi connectivity index (χ2n) is 5.17. The summed E-state index contributed by atoms with van der Waals surface area (Å²) in [6.45, 7) is 4.34. The van der Waals surface area contributed by atoms with Crippen LogP contribution in [0.4, 0.5) is 0 Å². The third-order valence-corrected chi connectivity index (χ3v) is 4.70. The number of fused-ring (bicyclic) bond motifs is 1. The van der Waals surface area contributed by atoms with Crippen LogP contribution in [0.3, 0.4) is 0 Å². The summed E-state index contributed by atoms with van der Waals surface area (Å²) in [5.74, 6) is 0. The number of hydrogen-bond acceptors (Lipinski definition) is 2. The molecule has 0 aromatic carbocycles. The van der Waals surface area contributed by atoms with Crippen molar-refractivity contribution in [1.82, 2.24) is 5.32 Å². The van der Waals surface area contributed by atoms with Gasteiger partial charge < -0.3 is 5.32 Å². The van der Waals surface area contributed by atoms with Gasteiger partial charge in [-0.25, -0.2) is 0 Å². The molecule has 2 heteroatoms. The van der Waals surface area contributed by atoms with Gasteiger partial charge >= 0.3 is 0 Å². The van der Waals surface area contributed by atoms with Crippen LogP contribution in [0.5, 0.6) is 0 Å². The first-order chi connectivity index (χ1) is 8.20. The third-order valence-electron chi connectivity index (χ3n) is 3.38. The van der Waals surface area contributed by atoms with Crippen molar-refractivity contribution in [3.8, 4) is 0 Å². The van der Waals surface area contributed by atoms with Gasteiger partial charge in [0.25, 0.3) is 0 Å². The number of likely N-dealkylation sites (N-methyl/N-ethyl adjacent to an activating group) is 1. The Morgan fingerprint density at radius 1 is 1.29 bits per heavy atom. The lowest BCUT2D eigenvalue weighted by atomic mass is 10.1. The Bertz CT molecular complexity index is 376. The van der Waals surface area contributed by atoms with E-state index in [-0.39, 0.29) is 0 Å². The van der Waals surface area contributed by atoms with Gasteiger partial charge in [-0.1, -0.05) is 18.1 Å². The summed E-state index contributed by atoms with van der Waals surface area (Å²) in [5, 5.41) is 3.41. The molecule has 0 radical (unpaired) electrons. The van der Waals surface area contributed by atoms with Gasteiger partial charge in [0.15, 0.2) is 0 Å². The molecule has 1 aliphatic rings. The normalized spacial score (nSPS) is 17.1. The molecule has 94 valence electrons. The van der Waals surface area contributed by atoms with E-state index in [0.29, 0.717) is 6.04 Å². The maximum atomic E-state index is 3.41. The maximum Gasteiger partial charge on any atom is 0.0600 e. The quantitative estimate of drug-likeness (QED) is 0.624. The van der Waals surface area contributed by atoms with E-state index in [9.17, 15) is 0 Å². The van der Waals surface area contributed by atoms with E-state index in [1.54, 1.807) is 10.4 Å². The molecule has 17 heavy (non-hydrogen) atoms. The van der Waals surface area contributed by atoms with Crippen molar-refractivity contribution in [3.63, 3.8) is 0 Å². The molecule has 0 spiro atoms. The topological polar surface area (TPSA) is 12.0 Å². The van der Waals surface area contributed by atoms with E-state index >= 15 is 0 Å². The lowest BCUT2D eigenvalue weighted by Gasteiger charge is -2.10. The van der Waals surface area contributed by atoms with E-state index in [1.807, 2.05) is 11.3 Å². The predicted octanol–water partition coefficient (Wildman–Crippen LogP) is 4.24.